The van der Waals surface area contributed by atoms with Crippen molar-refractivity contribution in [3.63, 3.8) is 0 Å². The van der Waals surface area contributed by atoms with Crippen LogP contribution in [0.5, 0.6) is 0 Å². The minimum atomic E-state index is -0.856. The Morgan fingerprint density at radius 1 is 1.26 bits per heavy atom. The molecule has 2 aliphatic rings. The summed E-state index contributed by atoms with van der Waals surface area (Å²) in [5, 5.41) is 0. The summed E-state index contributed by atoms with van der Waals surface area (Å²) < 4.78 is 2.89. The third-order valence-electron chi connectivity index (χ3n) is 3.97. The lowest BCUT2D eigenvalue weighted by molar-refractivity contribution is -0.124. The standard InChI is InChI=1S/C13H13BrN2O3/c1-8-4-5-10(18)15-11(8)12(19)16(14)13(15)6-2-3-9(17)7-13/h4-5H,2-3,6-7H2,1H3. The molecule has 6 heteroatoms. The van der Waals surface area contributed by atoms with Crippen molar-refractivity contribution in [3.8, 4) is 0 Å². The lowest BCUT2D eigenvalue weighted by Gasteiger charge is -2.38. The van der Waals surface area contributed by atoms with E-state index in [4.69, 9.17) is 0 Å². The first-order chi connectivity index (χ1) is 8.97. The molecule has 1 aromatic heterocycles. The van der Waals surface area contributed by atoms with Crippen LogP contribution in [-0.4, -0.2) is 20.2 Å². The number of pyridine rings is 1. The van der Waals surface area contributed by atoms with Crippen molar-refractivity contribution in [2.24, 2.45) is 0 Å². The van der Waals surface area contributed by atoms with Crippen molar-refractivity contribution < 1.29 is 9.59 Å². The first-order valence-electron chi connectivity index (χ1n) is 6.22. The quantitative estimate of drug-likeness (QED) is 0.683. The fourth-order valence-corrected chi connectivity index (χ4v) is 3.73. The first kappa shape index (κ1) is 12.6. The fraction of sp³-hybridized carbons (Fsp3) is 0.462. The Hall–Kier alpha value is -1.43. The van der Waals surface area contributed by atoms with Crippen LogP contribution >= 0.6 is 16.1 Å². The van der Waals surface area contributed by atoms with E-state index in [1.807, 2.05) is 0 Å². The summed E-state index contributed by atoms with van der Waals surface area (Å²) in [5.41, 5.74) is 0.0545. The lowest BCUT2D eigenvalue weighted by Crippen LogP contribution is -2.49. The van der Waals surface area contributed by atoms with Gasteiger partial charge in [0.15, 0.2) is 0 Å². The summed E-state index contributed by atoms with van der Waals surface area (Å²) in [5.74, 6) is -0.158. The van der Waals surface area contributed by atoms with Crippen LogP contribution in [-0.2, 0) is 10.5 Å². The number of aryl methyl sites for hydroxylation is 1. The van der Waals surface area contributed by atoms with Gasteiger partial charge in [0, 0.05) is 18.9 Å². The molecule has 100 valence electrons. The molecule has 0 N–H and O–H groups in total. The molecular formula is C13H13BrN2O3. The van der Waals surface area contributed by atoms with Gasteiger partial charge in [-0.3, -0.25) is 19.0 Å². The van der Waals surface area contributed by atoms with E-state index in [2.05, 4.69) is 16.1 Å². The largest absolute Gasteiger partial charge is 0.300 e. The first-order valence-corrected chi connectivity index (χ1v) is 6.93. The second kappa shape index (κ2) is 4.03. The molecule has 0 saturated heterocycles. The maximum Gasteiger partial charge on any atom is 0.282 e. The highest BCUT2D eigenvalue weighted by Crippen LogP contribution is 2.44. The summed E-state index contributed by atoms with van der Waals surface area (Å²) in [6.07, 6.45) is 2.02. The summed E-state index contributed by atoms with van der Waals surface area (Å²) in [6, 6.07) is 3.11. The van der Waals surface area contributed by atoms with Crippen molar-refractivity contribution in [2.45, 2.75) is 38.3 Å². The Morgan fingerprint density at radius 2 is 2.00 bits per heavy atom. The number of Topliss-reactive ketones (excluding diaryl/α,β-unsaturated/α-hetero) is 1. The molecule has 1 saturated carbocycles. The predicted molar refractivity (Wildman–Crippen MR) is 72.0 cm³/mol. The second-order valence-electron chi connectivity index (χ2n) is 5.18. The van der Waals surface area contributed by atoms with Crippen molar-refractivity contribution in [2.75, 3.05) is 0 Å². The van der Waals surface area contributed by atoms with Crippen molar-refractivity contribution >= 4 is 27.8 Å². The minimum absolute atomic E-state index is 0.0877. The van der Waals surface area contributed by atoms with Gasteiger partial charge in [-0.25, -0.2) is 3.93 Å². The van der Waals surface area contributed by atoms with Gasteiger partial charge in [-0.2, -0.15) is 0 Å². The fourth-order valence-electron chi connectivity index (χ4n) is 3.10. The number of carbonyl (C=O) groups is 2. The summed E-state index contributed by atoms with van der Waals surface area (Å²) in [4.78, 5) is 36.4. The molecule has 0 bridgehead atoms. The number of ketones is 1. The average Bonchev–Trinajstić information content (AvgIpc) is 2.58. The van der Waals surface area contributed by atoms with Crippen LogP contribution in [0.2, 0.25) is 0 Å². The van der Waals surface area contributed by atoms with Crippen LogP contribution in [0.4, 0.5) is 0 Å². The molecule has 1 atom stereocenters. The van der Waals surface area contributed by atoms with Gasteiger partial charge in [-0.15, -0.1) is 0 Å². The van der Waals surface area contributed by atoms with Gasteiger partial charge in [0.05, 0.1) is 16.1 Å². The zero-order valence-corrected chi connectivity index (χ0v) is 12.1. The van der Waals surface area contributed by atoms with E-state index in [1.165, 1.54) is 14.6 Å². The molecule has 2 heterocycles. The van der Waals surface area contributed by atoms with E-state index >= 15 is 0 Å². The summed E-state index contributed by atoms with van der Waals surface area (Å²) >= 11 is 3.27. The number of amides is 1. The number of hydrogen-bond acceptors (Lipinski definition) is 3. The molecule has 0 aromatic carbocycles. The normalized spacial score (nSPS) is 26.1. The van der Waals surface area contributed by atoms with Gasteiger partial charge in [0.2, 0.25) is 0 Å². The van der Waals surface area contributed by atoms with Crippen LogP contribution in [0.25, 0.3) is 0 Å². The molecular weight excluding hydrogens is 312 g/mol. The molecule has 0 radical (unpaired) electrons. The zero-order valence-electron chi connectivity index (χ0n) is 10.5. The summed E-state index contributed by atoms with van der Waals surface area (Å²) in [6.45, 7) is 1.80. The Labute approximate surface area is 118 Å². The number of rotatable bonds is 0. The van der Waals surface area contributed by atoms with E-state index in [1.54, 1.807) is 13.0 Å². The van der Waals surface area contributed by atoms with Crippen LogP contribution in [0.1, 0.15) is 41.7 Å². The Balaban J connectivity index is 2.31. The van der Waals surface area contributed by atoms with Crippen molar-refractivity contribution in [1.29, 1.82) is 0 Å². The molecule has 5 nitrogen and oxygen atoms in total. The van der Waals surface area contributed by atoms with Crippen LogP contribution < -0.4 is 5.56 Å². The number of fused-ring (bicyclic) bond motifs is 2. The molecule has 1 aliphatic heterocycles. The number of hydrogen-bond donors (Lipinski definition) is 0. The number of aromatic nitrogens is 1. The van der Waals surface area contributed by atoms with Crippen LogP contribution in [0, 0.1) is 6.92 Å². The third kappa shape index (κ3) is 1.55. The van der Waals surface area contributed by atoms with Gasteiger partial charge in [-0.05, 0) is 25.3 Å². The van der Waals surface area contributed by atoms with E-state index < -0.39 is 5.66 Å². The highest BCUT2D eigenvalue weighted by molar-refractivity contribution is 9.07. The van der Waals surface area contributed by atoms with Gasteiger partial charge >= 0.3 is 0 Å². The molecule has 1 fully saturated rings. The number of halogens is 1. The Kier molecular flexibility index (Phi) is 2.67. The van der Waals surface area contributed by atoms with Crippen LogP contribution in [0.3, 0.4) is 0 Å². The van der Waals surface area contributed by atoms with Gasteiger partial charge in [0.1, 0.15) is 17.1 Å². The van der Waals surface area contributed by atoms with E-state index in [0.29, 0.717) is 25.0 Å². The SMILES string of the molecule is Cc1ccc(=O)n2c1C(=O)N(Br)C21CCCC(=O)C1. The average molecular weight is 325 g/mol. The molecule has 1 amide bonds. The highest BCUT2D eigenvalue weighted by atomic mass is 79.9. The van der Waals surface area contributed by atoms with Crippen molar-refractivity contribution in [3.05, 3.63) is 33.7 Å². The lowest BCUT2D eigenvalue weighted by atomic mass is 9.88. The Bertz CT molecular complexity index is 652. The van der Waals surface area contributed by atoms with E-state index in [0.717, 1.165) is 5.56 Å². The topological polar surface area (TPSA) is 59.4 Å². The Morgan fingerprint density at radius 3 is 2.68 bits per heavy atom. The van der Waals surface area contributed by atoms with Crippen molar-refractivity contribution in [1.82, 2.24) is 8.49 Å². The monoisotopic (exact) mass is 324 g/mol. The maximum absolute atomic E-state index is 12.4. The molecule has 1 spiro atoms. The number of carbonyl (C=O) groups excluding carboxylic acids is 2. The molecule has 1 aliphatic carbocycles. The molecule has 1 unspecified atom stereocenters. The zero-order chi connectivity index (χ0) is 13.8. The second-order valence-corrected chi connectivity index (χ2v) is 5.89. The minimum Gasteiger partial charge on any atom is -0.300 e. The predicted octanol–water partition coefficient (Wildman–Crippen LogP) is 1.72. The van der Waals surface area contributed by atoms with E-state index in [9.17, 15) is 14.4 Å². The third-order valence-corrected chi connectivity index (χ3v) is 4.95. The smallest absolute Gasteiger partial charge is 0.282 e. The number of nitrogens with zero attached hydrogens (tertiary/aromatic N) is 2. The van der Waals surface area contributed by atoms with Crippen LogP contribution in [0.15, 0.2) is 16.9 Å². The molecule has 19 heavy (non-hydrogen) atoms. The van der Waals surface area contributed by atoms with E-state index in [-0.39, 0.29) is 23.7 Å². The molecule has 1 aromatic rings. The van der Waals surface area contributed by atoms with Gasteiger partial charge < -0.3 is 0 Å². The molecule has 3 rings (SSSR count). The van der Waals surface area contributed by atoms with Gasteiger partial charge in [0.25, 0.3) is 11.5 Å². The summed E-state index contributed by atoms with van der Waals surface area (Å²) in [7, 11) is 0. The van der Waals surface area contributed by atoms with Gasteiger partial charge in [-0.1, -0.05) is 6.07 Å². The highest BCUT2D eigenvalue weighted by Gasteiger charge is 2.52. The maximum atomic E-state index is 12.4.